The van der Waals surface area contributed by atoms with E-state index in [9.17, 15) is 4.79 Å². The summed E-state index contributed by atoms with van der Waals surface area (Å²) in [5, 5.41) is 0.669. The van der Waals surface area contributed by atoms with Gasteiger partial charge < -0.3 is 10.6 Å². The minimum atomic E-state index is -0.0505. The van der Waals surface area contributed by atoms with Crippen molar-refractivity contribution in [2.75, 3.05) is 12.3 Å². The summed E-state index contributed by atoms with van der Waals surface area (Å²) in [6.07, 6.45) is 0. The molecule has 0 spiro atoms. The van der Waals surface area contributed by atoms with Gasteiger partial charge in [0.25, 0.3) is 5.91 Å². The van der Waals surface area contributed by atoms with Crippen LogP contribution in [0.3, 0.4) is 0 Å². The molecule has 0 saturated carbocycles. The highest BCUT2D eigenvalue weighted by Gasteiger charge is 2.15. The van der Waals surface area contributed by atoms with Crippen LogP contribution in [-0.4, -0.2) is 17.4 Å². The molecule has 0 bridgehead atoms. The van der Waals surface area contributed by atoms with E-state index < -0.39 is 0 Å². The van der Waals surface area contributed by atoms with Gasteiger partial charge >= 0.3 is 0 Å². The smallest absolute Gasteiger partial charge is 0.254 e. The lowest BCUT2D eigenvalue weighted by Gasteiger charge is -2.21. The Morgan fingerprint density at radius 2 is 2.05 bits per heavy atom. The highest BCUT2D eigenvalue weighted by atomic mass is 79.9. The molecule has 5 heteroatoms. The Hall–Kier alpha value is -1.52. The molecule has 2 aromatic carbocycles. The van der Waals surface area contributed by atoms with Gasteiger partial charge in [-0.25, -0.2) is 0 Å². The summed E-state index contributed by atoms with van der Waals surface area (Å²) in [7, 11) is 0. The zero-order valence-corrected chi connectivity index (χ0v) is 14.0. The standard InChI is InChI=1S/C16H16BrClN2O/c1-2-20(10-11-4-3-5-14(18)6-11)16(21)12-7-13(17)9-15(19)8-12/h3-9H,2,10,19H2,1H3. The van der Waals surface area contributed by atoms with E-state index in [2.05, 4.69) is 15.9 Å². The molecule has 2 aromatic rings. The summed E-state index contributed by atoms with van der Waals surface area (Å²) < 4.78 is 0.796. The molecule has 3 nitrogen and oxygen atoms in total. The molecule has 0 heterocycles. The van der Waals surface area contributed by atoms with Gasteiger partial charge in [-0.15, -0.1) is 0 Å². The van der Waals surface area contributed by atoms with Crippen LogP contribution in [0.25, 0.3) is 0 Å². The van der Waals surface area contributed by atoms with Crippen LogP contribution in [0.2, 0.25) is 5.02 Å². The Morgan fingerprint density at radius 3 is 2.67 bits per heavy atom. The second kappa shape index (κ2) is 6.96. The normalized spacial score (nSPS) is 10.4. The number of rotatable bonds is 4. The zero-order valence-electron chi connectivity index (χ0n) is 11.6. The van der Waals surface area contributed by atoms with Crippen molar-refractivity contribution in [1.82, 2.24) is 4.90 Å². The number of nitrogens with zero attached hydrogens (tertiary/aromatic N) is 1. The fourth-order valence-electron chi connectivity index (χ4n) is 2.10. The van der Waals surface area contributed by atoms with Crippen molar-refractivity contribution in [3.63, 3.8) is 0 Å². The fourth-order valence-corrected chi connectivity index (χ4v) is 2.83. The minimum Gasteiger partial charge on any atom is -0.399 e. The monoisotopic (exact) mass is 366 g/mol. The first-order valence-corrected chi connectivity index (χ1v) is 7.76. The molecule has 0 aliphatic carbocycles. The van der Waals surface area contributed by atoms with Crippen LogP contribution in [-0.2, 0) is 6.54 Å². The number of benzene rings is 2. The van der Waals surface area contributed by atoms with Crippen LogP contribution in [0, 0.1) is 0 Å². The Morgan fingerprint density at radius 1 is 1.29 bits per heavy atom. The Bertz CT molecular complexity index is 640. The molecule has 2 rings (SSSR count). The lowest BCUT2D eigenvalue weighted by molar-refractivity contribution is 0.0752. The third kappa shape index (κ3) is 4.22. The van der Waals surface area contributed by atoms with Crippen molar-refractivity contribution in [2.24, 2.45) is 0 Å². The van der Waals surface area contributed by atoms with Gasteiger partial charge in [-0.2, -0.15) is 0 Å². The van der Waals surface area contributed by atoms with E-state index in [0.29, 0.717) is 29.4 Å². The molecule has 0 aliphatic heterocycles. The first kappa shape index (κ1) is 15.9. The molecule has 0 atom stereocenters. The molecule has 110 valence electrons. The van der Waals surface area contributed by atoms with Crippen molar-refractivity contribution >= 4 is 39.1 Å². The lowest BCUT2D eigenvalue weighted by Crippen LogP contribution is -2.30. The molecule has 0 fully saturated rings. The van der Waals surface area contributed by atoms with Crippen molar-refractivity contribution in [2.45, 2.75) is 13.5 Å². The Balaban J connectivity index is 2.22. The van der Waals surface area contributed by atoms with E-state index in [4.69, 9.17) is 17.3 Å². The number of hydrogen-bond donors (Lipinski definition) is 1. The molecular weight excluding hydrogens is 352 g/mol. The molecule has 0 aromatic heterocycles. The van der Waals surface area contributed by atoms with Crippen LogP contribution < -0.4 is 5.73 Å². The molecule has 0 aliphatic rings. The topological polar surface area (TPSA) is 46.3 Å². The second-order valence-electron chi connectivity index (χ2n) is 4.72. The number of nitrogen functional groups attached to an aromatic ring is 1. The number of anilines is 1. The van der Waals surface area contributed by atoms with E-state index in [1.165, 1.54) is 0 Å². The van der Waals surface area contributed by atoms with Crippen molar-refractivity contribution in [1.29, 1.82) is 0 Å². The predicted molar refractivity (Wildman–Crippen MR) is 90.4 cm³/mol. The average Bonchev–Trinajstić information content (AvgIpc) is 2.43. The number of carbonyl (C=O) groups excluding carboxylic acids is 1. The van der Waals surface area contributed by atoms with E-state index in [-0.39, 0.29) is 5.91 Å². The summed E-state index contributed by atoms with van der Waals surface area (Å²) >= 11 is 9.34. The largest absolute Gasteiger partial charge is 0.399 e. The van der Waals surface area contributed by atoms with Gasteiger partial charge in [-0.05, 0) is 42.8 Å². The van der Waals surface area contributed by atoms with Gasteiger partial charge in [0.05, 0.1) is 0 Å². The second-order valence-corrected chi connectivity index (χ2v) is 6.07. The molecule has 21 heavy (non-hydrogen) atoms. The van der Waals surface area contributed by atoms with E-state index in [1.807, 2.05) is 31.2 Å². The van der Waals surface area contributed by atoms with Gasteiger partial charge in [0.2, 0.25) is 0 Å². The van der Waals surface area contributed by atoms with Gasteiger partial charge in [0, 0.05) is 33.8 Å². The van der Waals surface area contributed by atoms with Crippen LogP contribution in [0.15, 0.2) is 46.9 Å². The van der Waals surface area contributed by atoms with Gasteiger partial charge in [-0.3, -0.25) is 4.79 Å². The highest BCUT2D eigenvalue weighted by Crippen LogP contribution is 2.20. The number of halogens is 2. The molecular formula is C16H16BrClN2O. The molecule has 1 amide bonds. The van der Waals surface area contributed by atoms with Crippen LogP contribution in [0.5, 0.6) is 0 Å². The maximum absolute atomic E-state index is 12.6. The summed E-state index contributed by atoms with van der Waals surface area (Å²) in [6, 6.07) is 12.8. The third-order valence-corrected chi connectivity index (χ3v) is 3.79. The molecule has 0 saturated heterocycles. The van der Waals surface area contributed by atoms with Gasteiger partial charge in [0.15, 0.2) is 0 Å². The Kier molecular flexibility index (Phi) is 5.26. The third-order valence-electron chi connectivity index (χ3n) is 3.10. The van der Waals surface area contributed by atoms with E-state index >= 15 is 0 Å². The zero-order chi connectivity index (χ0) is 15.4. The lowest BCUT2D eigenvalue weighted by atomic mass is 10.1. The van der Waals surface area contributed by atoms with Crippen LogP contribution in [0.4, 0.5) is 5.69 Å². The molecule has 2 N–H and O–H groups in total. The first-order valence-electron chi connectivity index (χ1n) is 6.59. The summed E-state index contributed by atoms with van der Waals surface area (Å²) in [6.45, 7) is 3.07. The fraction of sp³-hybridized carbons (Fsp3) is 0.188. The van der Waals surface area contributed by atoms with Crippen LogP contribution >= 0.6 is 27.5 Å². The summed E-state index contributed by atoms with van der Waals surface area (Å²) in [5.74, 6) is -0.0505. The maximum atomic E-state index is 12.6. The van der Waals surface area contributed by atoms with Gasteiger partial charge in [0.1, 0.15) is 0 Å². The minimum absolute atomic E-state index is 0.0505. The molecule has 0 radical (unpaired) electrons. The summed E-state index contributed by atoms with van der Waals surface area (Å²) in [4.78, 5) is 14.3. The highest BCUT2D eigenvalue weighted by molar-refractivity contribution is 9.10. The number of nitrogens with two attached hydrogens (primary N) is 1. The van der Waals surface area contributed by atoms with E-state index in [1.54, 1.807) is 23.1 Å². The first-order chi connectivity index (χ1) is 9.99. The van der Waals surface area contributed by atoms with Crippen molar-refractivity contribution in [3.05, 3.63) is 63.1 Å². The van der Waals surface area contributed by atoms with Crippen molar-refractivity contribution < 1.29 is 4.79 Å². The van der Waals surface area contributed by atoms with E-state index in [0.717, 1.165) is 10.0 Å². The van der Waals surface area contributed by atoms with Gasteiger partial charge in [-0.1, -0.05) is 39.7 Å². The van der Waals surface area contributed by atoms with Crippen molar-refractivity contribution in [3.8, 4) is 0 Å². The average molecular weight is 368 g/mol. The molecule has 0 unspecified atom stereocenters. The maximum Gasteiger partial charge on any atom is 0.254 e. The summed E-state index contributed by atoms with van der Waals surface area (Å²) in [5.41, 5.74) is 7.93. The predicted octanol–water partition coefficient (Wildman–Crippen LogP) is 4.35. The quantitative estimate of drug-likeness (QED) is 0.817. The number of hydrogen-bond acceptors (Lipinski definition) is 2. The SMILES string of the molecule is CCN(Cc1cccc(Cl)c1)C(=O)c1cc(N)cc(Br)c1. The number of carbonyl (C=O) groups is 1. The number of amides is 1. The Labute approximate surface area is 137 Å². The van der Waals surface area contributed by atoms with Crippen LogP contribution in [0.1, 0.15) is 22.8 Å².